The number of likely N-dealkylation sites (tertiary alicyclic amines) is 1. The topological polar surface area (TPSA) is 78.5 Å². The predicted octanol–water partition coefficient (Wildman–Crippen LogP) is 3.01. The van der Waals surface area contributed by atoms with Crippen LogP contribution in [0.2, 0.25) is 0 Å². The standard InChI is InChI=1S/C22H29N3O3S/c1-3-23-22(26)25-14-8-13-20(24-29(2,27)28)21(25)16-17-9-7-12-19(15-17)18-10-5-4-6-11-18/h4-7,9-12,15,20-21,24H,3,8,13-14,16H2,1-2H3,(H,23,26)/t20-,21+/m1/s1. The number of carbonyl (C=O) groups excluding carboxylic acids is 1. The van der Waals surface area contributed by atoms with E-state index in [2.05, 4.69) is 34.3 Å². The molecule has 0 aliphatic carbocycles. The third-order valence-corrected chi connectivity index (χ3v) is 5.94. The average Bonchev–Trinajstić information content (AvgIpc) is 2.69. The second kappa shape index (κ2) is 9.41. The summed E-state index contributed by atoms with van der Waals surface area (Å²) in [6.07, 6.45) is 3.24. The lowest BCUT2D eigenvalue weighted by atomic mass is 9.90. The number of nitrogens with zero attached hydrogens (tertiary/aromatic N) is 1. The van der Waals surface area contributed by atoms with Gasteiger partial charge in [-0.15, -0.1) is 0 Å². The molecule has 2 aromatic rings. The van der Waals surface area contributed by atoms with E-state index < -0.39 is 10.0 Å². The first-order chi connectivity index (χ1) is 13.9. The molecule has 1 heterocycles. The molecule has 1 saturated heterocycles. The van der Waals surface area contributed by atoms with Gasteiger partial charge in [0, 0.05) is 19.1 Å². The molecule has 0 bridgehead atoms. The molecular weight excluding hydrogens is 386 g/mol. The van der Waals surface area contributed by atoms with Crippen LogP contribution in [-0.2, 0) is 16.4 Å². The molecule has 29 heavy (non-hydrogen) atoms. The number of carbonyl (C=O) groups is 1. The fraction of sp³-hybridized carbons (Fsp3) is 0.409. The van der Waals surface area contributed by atoms with Crippen LogP contribution in [-0.4, -0.2) is 50.8 Å². The zero-order valence-electron chi connectivity index (χ0n) is 17.0. The van der Waals surface area contributed by atoms with E-state index in [0.29, 0.717) is 25.9 Å². The van der Waals surface area contributed by atoms with Gasteiger partial charge >= 0.3 is 6.03 Å². The zero-order chi connectivity index (χ0) is 20.9. The second-order valence-corrected chi connectivity index (χ2v) is 9.29. The first kappa shape index (κ1) is 21.3. The van der Waals surface area contributed by atoms with E-state index in [1.54, 1.807) is 4.90 Å². The van der Waals surface area contributed by atoms with Gasteiger partial charge in [0.25, 0.3) is 0 Å². The predicted molar refractivity (Wildman–Crippen MR) is 116 cm³/mol. The maximum absolute atomic E-state index is 12.6. The Labute approximate surface area is 173 Å². The van der Waals surface area contributed by atoms with Gasteiger partial charge in [-0.05, 0) is 42.9 Å². The summed E-state index contributed by atoms with van der Waals surface area (Å²) < 4.78 is 26.6. The molecule has 0 spiro atoms. The quantitative estimate of drug-likeness (QED) is 0.761. The maximum atomic E-state index is 12.6. The Bertz CT molecular complexity index is 931. The highest BCUT2D eigenvalue weighted by Gasteiger charge is 2.35. The van der Waals surface area contributed by atoms with Gasteiger partial charge in [-0.3, -0.25) is 0 Å². The van der Waals surface area contributed by atoms with E-state index in [1.807, 2.05) is 37.3 Å². The van der Waals surface area contributed by atoms with E-state index in [1.165, 1.54) is 6.26 Å². The SMILES string of the molecule is CCNC(=O)N1CCC[C@@H](NS(C)(=O)=O)[C@@H]1Cc1cccc(-c2ccccc2)c1. The normalized spacial score (nSPS) is 19.7. The lowest BCUT2D eigenvalue weighted by Gasteiger charge is -2.41. The van der Waals surface area contributed by atoms with Gasteiger partial charge in [0.2, 0.25) is 10.0 Å². The van der Waals surface area contributed by atoms with Gasteiger partial charge in [0.1, 0.15) is 0 Å². The summed E-state index contributed by atoms with van der Waals surface area (Å²) in [6.45, 7) is 3.04. The van der Waals surface area contributed by atoms with Gasteiger partial charge in [-0.1, -0.05) is 54.6 Å². The molecule has 0 unspecified atom stereocenters. The van der Waals surface area contributed by atoms with Gasteiger partial charge < -0.3 is 10.2 Å². The minimum atomic E-state index is -3.37. The average molecular weight is 416 g/mol. The van der Waals surface area contributed by atoms with E-state index in [0.717, 1.165) is 23.1 Å². The Balaban J connectivity index is 1.89. The van der Waals surface area contributed by atoms with Gasteiger partial charge in [-0.2, -0.15) is 0 Å². The molecule has 2 N–H and O–H groups in total. The summed E-state index contributed by atoms with van der Waals surface area (Å²) in [6, 6.07) is 17.7. The van der Waals surface area contributed by atoms with Crippen molar-refractivity contribution in [3.8, 4) is 11.1 Å². The summed E-state index contributed by atoms with van der Waals surface area (Å²) in [4.78, 5) is 14.4. The number of benzene rings is 2. The number of urea groups is 1. The molecule has 0 radical (unpaired) electrons. The van der Waals surface area contributed by atoms with Crippen LogP contribution in [0.25, 0.3) is 11.1 Å². The summed E-state index contributed by atoms with van der Waals surface area (Å²) in [5.41, 5.74) is 3.31. The highest BCUT2D eigenvalue weighted by Crippen LogP contribution is 2.25. The first-order valence-electron chi connectivity index (χ1n) is 10.0. The molecule has 0 saturated carbocycles. The van der Waals surface area contributed by atoms with E-state index in [9.17, 15) is 13.2 Å². The van der Waals surface area contributed by atoms with Crippen LogP contribution in [0.3, 0.4) is 0 Å². The van der Waals surface area contributed by atoms with Crippen molar-refractivity contribution in [1.82, 2.24) is 14.9 Å². The second-order valence-electron chi connectivity index (χ2n) is 7.51. The van der Waals surface area contributed by atoms with E-state index in [-0.39, 0.29) is 18.1 Å². The Kier molecular flexibility index (Phi) is 6.92. The number of piperidine rings is 1. The number of hydrogen-bond donors (Lipinski definition) is 2. The van der Waals surface area contributed by atoms with Crippen LogP contribution in [0.1, 0.15) is 25.3 Å². The summed E-state index contributed by atoms with van der Waals surface area (Å²) in [7, 11) is -3.37. The van der Waals surface area contributed by atoms with Gasteiger partial charge in [0.15, 0.2) is 0 Å². The minimum Gasteiger partial charge on any atom is -0.338 e. The van der Waals surface area contributed by atoms with Crippen molar-refractivity contribution >= 4 is 16.1 Å². The van der Waals surface area contributed by atoms with E-state index in [4.69, 9.17) is 0 Å². The fourth-order valence-electron chi connectivity index (χ4n) is 3.98. The monoisotopic (exact) mass is 415 g/mol. The number of amides is 2. The molecule has 1 fully saturated rings. The fourth-order valence-corrected chi connectivity index (χ4v) is 4.80. The summed E-state index contributed by atoms with van der Waals surface area (Å²) in [5.74, 6) is 0. The molecule has 3 rings (SSSR count). The largest absolute Gasteiger partial charge is 0.338 e. The van der Waals surface area contributed by atoms with Crippen LogP contribution < -0.4 is 10.0 Å². The molecule has 6 nitrogen and oxygen atoms in total. The smallest absolute Gasteiger partial charge is 0.317 e. The van der Waals surface area contributed by atoms with E-state index >= 15 is 0 Å². The molecule has 1 aliphatic rings. The third-order valence-electron chi connectivity index (χ3n) is 5.21. The minimum absolute atomic E-state index is 0.142. The van der Waals surface area contributed by atoms with Crippen molar-refractivity contribution in [2.45, 2.75) is 38.3 Å². The van der Waals surface area contributed by atoms with Crippen molar-refractivity contribution in [2.24, 2.45) is 0 Å². The molecule has 7 heteroatoms. The molecule has 2 amide bonds. The molecule has 156 valence electrons. The summed E-state index contributed by atoms with van der Waals surface area (Å²) >= 11 is 0. The Morgan fingerprint density at radius 2 is 1.83 bits per heavy atom. The van der Waals surface area contributed by atoms with Crippen molar-refractivity contribution in [2.75, 3.05) is 19.3 Å². The number of nitrogens with one attached hydrogen (secondary N) is 2. The van der Waals surface area contributed by atoms with Crippen molar-refractivity contribution in [3.63, 3.8) is 0 Å². The van der Waals surface area contributed by atoms with Crippen LogP contribution in [0.4, 0.5) is 4.79 Å². The molecular formula is C22H29N3O3S. The van der Waals surface area contributed by atoms with Gasteiger partial charge in [-0.25, -0.2) is 17.9 Å². The number of sulfonamides is 1. The third kappa shape index (κ3) is 5.81. The Morgan fingerprint density at radius 1 is 1.10 bits per heavy atom. The lowest BCUT2D eigenvalue weighted by Crippen LogP contribution is -2.59. The van der Waals surface area contributed by atoms with Crippen LogP contribution >= 0.6 is 0 Å². The Morgan fingerprint density at radius 3 is 2.52 bits per heavy atom. The lowest BCUT2D eigenvalue weighted by molar-refractivity contribution is 0.134. The molecule has 2 aromatic carbocycles. The van der Waals surface area contributed by atoms with Crippen molar-refractivity contribution in [3.05, 3.63) is 60.2 Å². The number of rotatable bonds is 6. The molecule has 1 aliphatic heterocycles. The van der Waals surface area contributed by atoms with Gasteiger partial charge in [0.05, 0.1) is 12.3 Å². The highest BCUT2D eigenvalue weighted by atomic mass is 32.2. The van der Waals surface area contributed by atoms with Crippen molar-refractivity contribution < 1.29 is 13.2 Å². The number of hydrogen-bond acceptors (Lipinski definition) is 3. The maximum Gasteiger partial charge on any atom is 0.317 e. The van der Waals surface area contributed by atoms with Crippen LogP contribution in [0.15, 0.2) is 54.6 Å². The van der Waals surface area contributed by atoms with Crippen molar-refractivity contribution in [1.29, 1.82) is 0 Å². The highest BCUT2D eigenvalue weighted by molar-refractivity contribution is 7.88. The molecule has 2 atom stereocenters. The zero-order valence-corrected chi connectivity index (χ0v) is 17.8. The first-order valence-corrected chi connectivity index (χ1v) is 11.9. The molecule has 0 aromatic heterocycles. The summed E-state index contributed by atoms with van der Waals surface area (Å²) in [5, 5.41) is 2.86. The Hall–Kier alpha value is -2.38. The van der Waals surface area contributed by atoms with Crippen LogP contribution in [0, 0.1) is 0 Å². The van der Waals surface area contributed by atoms with Crippen LogP contribution in [0.5, 0.6) is 0 Å².